The van der Waals surface area contributed by atoms with E-state index in [9.17, 15) is 5.11 Å². The molecule has 0 radical (unpaired) electrons. The fourth-order valence-corrected chi connectivity index (χ4v) is 3.03. The number of halogens is 1. The zero-order valence-electron chi connectivity index (χ0n) is 11.0. The predicted molar refractivity (Wildman–Crippen MR) is 79.0 cm³/mol. The highest BCUT2D eigenvalue weighted by molar-refractivity contribution is 9.10. The van der Waals surface area contributed by atoms with Crippen LogP contribution in [0.2, 0.25) is 0 Å². The fourth-order valence-electron chi connectivity index (χ4n) is 2.62. The van der Waals surface area contributed by atoms with Gasteiger partial charge >= 0.3 is 0 Å². The number of hydrogen-bond donors (Lipinski definition) is 2. The average Bonchev–Trinajstić information content (AvgIpc) is 2.28. The smallest absolute Gasteiger partial charge is 0.0794 e. The van der Waals surface area contributed by atoms with Crippen LogP contribution >= 0.6 is 15.9 Å². The van der Waals surface area contributed by atoms with Crippen LogP contribution < -0.4 is 10.2 Å². The zero-order chi connectivity index (χ0) is 13.2. The molecule has 1 unspecified atom stereocenters. The number of piperidine rings is 1. The van der Waals surface area contributed by atoms with E-state index in [1.54, 1.807) is 0 Å². The Bertz CT molecular complexity index is 420. The molecule has 3 nitrogen and oxygen atoms in total. The molecule has 0 bridgehead atoms. The van der Waals surface area contributed by atoms with Crippen molar-refractivity contribution in [3.05, 3.63) is 28.2 Å². The molecule has 2 rings (SSSR count). The van der Waals surface area contributed by atoms with Gasteiger partial charge in [0.15, 0.2) is 0 Å². The number of hydrogen-bond acceptors (Lipinski definition) is 3. The highest BCUT2D eigenvalue weighted by atomic mass is 79.9. The summed E-state index contributed by atoms with van der Waals surface area (Å²) in [5, 5.41) is 13.4. The van der Waals surface area contributed by atoms with Gasteiger partial charge in [-0.15, -0.1) is 0 Å². The van der Waals surface area contributed by atoms with Crippen molar-refractivity contribution in [2.45, 2.75) is 31.9 Å². The van der Waals surface area contributed by atoms with Gasteiger partial charge in [-0.2, -0.15) is 0 Å². The summed E-state index contributed by atoms with van der Waals surface area (Å²) in [6.45, 7) is 4.50. The lowest BCUT2D eigenvalue weighted by Gasteiger charge is -2.39. The first-order chi connectivity index (χ1) is 8.52. The molecule has 2 N–H and O–H groups in total. The van der Waals surface area contributed by atoms with Crippen LogP contribution in [0, 0.1) is 0 Å². The van der Waals surface area contributed by atoms with Gasteiger partial charge in [0.2, 0.25) is 0 Å². The monoisotopic (exact) mass is 312 g/mol. The predicted octanol–water partition coefficient (Wildman–Crippen LogP) is 2.52. The van der Waals surface area contributed by atoms with E-state index in [0.717, 1.165) is 30.4 Å². The van der Waals surface area contributed by atoms with Crippen molar-refractivity contribution in [1.29, 1.82) is 0 Å². The van der Waals surface area contributed by atoms with Crippen LogP contribution in [0.1, 0.15) is 25.3 Å². The average molecular weight is 313 g/mol. The van der Waals surface area contributed by atoms with Crippen molar-refractivity contribution in [2.24, 2.45) is 0 Å². The molecule has 0 saturated carbocycles. The second-order valence-corrected chi connectivity index (χ2v) is 6.24. The minimum absolute atomic E-state index is 0.567. The van der Waals surface area contributed by atoms with E-state index >= 15 is 0 Å². The van der Waals surface area contributed by atoms with Gasteiger partial charge in [-0.05, 0) is 50.6 Å². The van der Waals surface area contributed by atoms with Crippen molar-refractivity contribution in [1.82, 2.24) is 5.32 Å². The van der Waals surface area contributed by atoms with Crippen LogP contribution in [0.4, 0.5) is 5.69 Å². The Kier molecular flexibility index (Phi) is 4.30. The molecule has 18 heavy (non-hydrogen) atoms. The summed E-state index contributed by atoms with van der Waals surface area (Å²) in [6, 6.07) is 6.35. The van der Waals surface area contributed by atoms with Gasteiger partial charge in [0.1, 0.15) is 0 Å². The molecule has 1 aromatic rings. The van der Waals surface area contributed by atoms with Crippen molar-refractivity contribution in [2.75, 3.05) is 25.0 Å². The number of benzene rings is 1. The maximum absolute atomic E-state index is 10.2. The topological polar surface area (TPSA) is 35.5 Å². The molecule has 1 fully saturated rings. The Labute approximate surface area is 117 Å². The zero-order valence-corrected chi connectivity index (χ0v) is 12.6. The van der Waals surface area contributed by atoms with Gasteiger partial charge in [-0.25, -0.2) is 0 Å². The summed E-state index contributed by atoms with van der Waals surface area (Å²) in [7, 11) is 1.96. The lowest BCUT2D eigenvalue weighted by molar-refractivity contribution is 0.0449. The summed E-state index contributed by atoms with van der Waals surface area (Å²) in [6.07, 6.45) is 1.93. The normalized spacial score (nSPS) is 24.3. The Hall–Kier alpha value is -0.580. The second-order valence-electron chi connectivity index (χ2n) is 5.33. The Balaban J connectivity index is 2.26. The standard InChI is InChI=1S/C14H21BrN2O/c1-14(18)6-3-7-17(10-14)13-5-4-12(15)8-11(13)9-16-2/h4-5,8,16,18H,3,6-7,9-10H2,1-2H3. The third-order valence-corrected chi connectivity index (χ3v) is 3.92. The van der Waals surface area contributed by atoms with Gasteiger partial charge in [-0.3, -0.25) is 0 Å². The third-order valence-electron chi connectivity index (χ3n) is 3.42. The SMILES string of the molecule is CNCc1cc(Br)ccc1N1CCCC(C)(O)C1. The molecule has 1 aliphatic rings. The molecule has 1 aromatic carbocycles. The van der Waals surface area contributed by atoms with Crippen LogP contribution in [-0.2, 0) is 6.54 Å². The first-order valence-electron chi connectivity index (χ1n) is 6.42. The Morgan fingerprint density at radius 3 is 2.94 bits per heavy atom. The summed E-state index contributed by atoms with van der Waals surface area (Å²) in [5.74, 6) is 0. The first-order valence-corrected chi connectivity index (χ1v) is 7.21. The molecular formula is C14H21BrN2O. The van der Waals surface area contributed by atoms with Crippen LogP contribution in [0.3, 0.4) is 0 Å². The summed E-state index contributed by atoms with van der Waals surface area (Å²) < 4.78 is 1.10. The first kappa shape index (κ1) is 13.8. The van der Waals surface area contributed by atoms with E-state index in [4.69, 9.17) is 0 Å². The Morgan fingerprint density at radius 2 is 2.28 bits per heavy atom. The molecule has 1 heterocycles. The second kappa shape index (κ2) is 5.59. The van der Waals surface area contributed by atoms with Crippen molar-refractivity contribution in [3.63, 3.8) is 0 Å². The van der Waals surface area contributed by atoms with Gasteiger partial charge in [-0.1, -0.05) is 15.9 Å². The Morgan fingerprint density at radius 1 is 1.50 bits per heavy atom. The molecule has 1 aliphatic heterocycles. The summed E-state index contributed by atoms with van der Waals surface area (Å²) in [5.41, 5.74) is 1.93. The van der Waals surface area contributed by atoms with Crippen LogP contribution in [0.15, 0.2) is 22.7 Å². The molecule has 4 heteroatoms. The maximum Gasteiger partial charge on any atom is 0.0794 e. The molecule has 100 valence electrons. The van der Waals surface area contributed by atoms with E-state index in [1.165, 1.54) is 11.3 Å². The molecule has 0 spiro atoms. The summed E-state index contributed by atoms with van der Waals surface area (Å²) in [4.78, 5) is 2.29. The maximum atomic E-state index is 10.2. The van der Waals surface area contributed by atoms with Crippen molar-refractivity contribution < 1.29 is 5.11 Å². The number of β-amino-alcohol motifs (C(OH)–C–C–N with tert-alkyl or cyclic N) is 1. The number of nitrogens with one attached hydrogen (secondary N) is 1. The van der Waals surface area contributed by atoms with E-state index in [-0.39, 0.29) is 0 Å². The molecule has 0 aliphatic carbocycles. The van der Waals surface area contributed by atoms with E-state index in [0.29, 0.717) is 6.54 Å². The minimum atomic E-state index is -0.567. The fraction of sp³-hybridized carbons (Fsp3) is 0.571. The van der Waals surface area contributed by atoms with E-state index in [1.807, 2.05) is 14.0 Å². The molecular weight excluding hydrogens is 292 g/mol. The number of rotatable bonds is 3. The number of aliphatic hydroxyl groups is 1. The number of anilines is 1. The van der Waals surface area contributed by atoms with Gasteiger partial charge in [0.05, 0.1) is 5.60 Å². The third kappa shape index (κ3) is 3.25. The van der Waals surface area contributed by atoms with E-state index < -0.39 is 5.60 Å². The molecule has 0 aromatic heterocycles. The quantitative estimate of drug-likeness (QED) is 0.900. The van der Waals surface area contributed by atoms with Crippen molar-refractivity contribution >= 4 is 21.6 Å². The number of nitrogens with zero attached hydrogens (tertiary/aromatic N) is 1. The lowest BCUT2D eigenvalue weighted by atomic mass is 9.94. The van der Waals surface area contributed by atoms with Crippen molar-refractivity contribution in [3.8, 4) is 0 Å². The lowest BCUT2D eigenvalue weighted by Crippen LogP contribution is -2.46. The van der Waals surface area contributed by atoms with Gasteiger partial charge in [0.25, 0.3) is 0 Å². The van der Waals surface area contributed by atoms with E-state index in [2.05, 4.69) is 44.3 Å². The van der Waals surface area contributed by atoms with Gasteiger partial charge in [0, 0.05) is 29.8 Å². The highest BCUT2D eigenvalue weighted by Gasteiger charge is 2.29. The van der Waals surface area contributed by atoms with Crippen LogP contribution in [0.25, 0.3) is 0 Å². The molecule has 0 amide bonds. The molecule has 1 saturated heterocycles. The summed E-state index contributed by atoms with van der Waals surface area (Å²) >= 11 is 3.52. The van der Waals surface area contributed by atoms with Gasteiger partial charge < -0.3 is 15.3 Å². The van der Waals surface area contributed by atoms with Crippen LogP contribution in [-0.4, -0.2) is 30.8 Å². The highest BCUT2D eigenvalue weighted by Crippen LogP contribution is 2.30. The van der Waals surface area contributed by atoms with Crippen LogP contribution in [0.5, 0.6) is 0 Å². The minimum Gasteiger partial charge on any atom is -0.388 e. The largest absolute Gasteiger partial charge is 0.388 e. The molecule has 1 atom stereocenters.